The molecule has 4 aromatic rings. The minimum Gasteiger partial charge on any atom is -0.459 e. The monoisotopic (exact) mass is 1680 g/mol. The first kappa shape index (κ1) is 93.1. The highest BCUT2D eigenvalue weighted by molar-refractivity contribution is 6.04. The van der Waals surface area contributed by atoms with Crippen LogP contribution < -0.4 is 21.8 Å². The molecule has 90 nitrogen and oxygen atoms in total. The number of nitrogens with one attached hydrogen (secondary N) is 2. The smallest absolute Gasteiger partial charge is 0.342 e. The van der Waals surface area contributed by atoms with Crippen molar-refractivity contribution in [2.45, 2.75) is 46.3 Å². The van der Waals surface area contributed by atoms with Crippen molar-refractivity contribution in [1.82, 2.24) is 19.4 Å². The summed E-state index contributed by atoms with van der Waals surface area (Å²) in [5, 5.41) is 240. The van der Waals surface area contributed by atoms with Crippen molar-refractivity contribution in [3.8, 4) is 11.3 Å². The number of hydrogen-bond acceptors (Lipinski definition) is 10. The highest BCUT2D eigenvalue weighted by Gasteiger charge is 2.25. The molecule has 0 bridgehead atoms. The zero-order chi connectivity index (χ0) is 86.4. The third kappa shape index (κ3) is 46.1. The van der Waals surface area contributed by atoms with Crippen molar-refractivity contribution < 1.29 is 9.53 Å². The van der Waals surface area contributed by atoms with Gasteiger partial charge in [-0.2, -0.15) is 5.53 Å². The first-order chi connectivity index (χ1) is 59.5. The lowest BCUT2D eigenvalue weighted by Gasteiger charge is -2.24. The van der Waals surface area contributed by atoms with Crippen LogP contribution in [-0.2, 0) is 17.7 Å². The van der Waals surface area contributed by atoms with Crippen LogP contribution in [0.15, 0.2) is 455 Å². The molecule has 121 heavy (non-hydrogen) atoms. The molecule has 5 rings (SSSR count). The number of aryl methyl sites for hydroxylation is 3. The Morgan fingerprint density at radius 3 is 1.05 bits per heavy atom. The third-order valence-electron chi connectivity index (χ3n) is 10.5. The Hall–Kier alpha value is -20.3. The van der Waals surface area contributed by atoms with E-state index < -0.39 is 5.97 Å². The number of aromatic nitrogens is 3. The standard InChI is InChI=1S/C31H39N7O2.H3N81/c1-19(2)40-30(39)23-17-33-31(34-26-16-25(32)27(15-20(26)3)37(6)14-13-36(4)5)35-28(23)24-18-38-12-8-10-21-9-7-11-22(24)29(21)38;1-3-5-7-9-11-13-15-17-19-21-23-25-27-29-31-33-35-37-39-41-43-45-47-49-51-53-55-57-59-61-63-65-67-69-71-73-75-77-79-81-80-78-76-74-72-70-68-66-64-62-60-58-56-54-52-50-48-46-44-42-40-38-36-34-32-30-28-26-24-22-20-18-16-14-12-10-8-6-4-2/h7,9,11,15-19H,8,10,12-14,32H2,1-6H3,(H,33,34,35);(H3,1,2,5,6,9,10,13,14,17,18,21,22,25,26,29,30,33,34,37,38,41,42,45,46,49,50,53,54,57,58,61,62,65,66,69,70,73,74,77,78,81). The Balaban J connectivity index is 0.000000631. The molecule has 2 aromatic heterocycles. The number of rotatable bonds is 48. The van der Waals surface area contributed by atoms with Gasteiger partial charge in [-0.25, -0.2) is 14.8 Å². The van der Waals surface area contributed by atoms with E-state index in [0.29, 0.717) is 22.9 Å². The summed E-state index contributed by atoms with van der Waals surface area (Å²) >= 11 is 0. The van der Waals surface area contributed by atoms with E-state index in [2.05, 4.69) is 488 Å². The first-order valence-electron chi connectivity index (χ1n) is 29.9. The van der Waals surface area contributed by atoms with E-state index in [9.17, 15) is 4.79 Å². The Morgan fingerprint density at radius 2 is 0.760 bits per heavy atom. The van der Waals surface area contributed by atoms with E-state index in [1.807, 2.05) is 33.9 Å². The molecule has 0 atom stereocenters. The number of ether oxygens (including phenoxy) is 1. The van der Waals surface area contributed by atoms with Crippen LogP contribution in [0.4, 0.5) is 23.0 Å². The summed E-state index contributed by atoms with van der Waals surface area (Å²) in [6.45, 7) is 8.43. The molecule has 0 fully saturated rings. The zero-order valence-corrected chi connectivity index (χ0v) is 60.7. The molecule has 618 valence electrons. The largest absolute Gasteiger partial charge is 0.459 e. The van der Waals surface area contributed by atoms with E-state index in [1.54, 1.807) is 6.20 Å². The van der Waals surface area contributed by atoms with Crippen LogP contribution in [0, 0.1) is 12.5 Å². The number of para-hydroxylation sites is 1. The average molecular weight is 1680 g/mol. The number of benzene rings is 2. The highest BCUT2D eigenvalue weighted by atomic mass is 16.5. The molecule has 1 aliphatic heterocycles. The quantitative estimate of drug-likeness (QED) is 0.0107. The molecular formula is C31H42N88O2. The number of esters is 1. The maximum atomic E-state index is 13.2. The fraction of sp³-hybridized carbons (Fsp3) is 0.387. The Labute approximate surface area is 658 Å². The maximum Gasteiger partial charge on any atom is 0.342 e. The van der Waals surface area contributed by atoms with E-state index >= 15 is 0 Å². The van der Waals surface area contributed by atoms with Gasteiger partial charge >= 0.3 is 5.97 Å². The predicted octanol–water partition coefficient (Wildman–Crippen LogP) is 19.5. The number of nitrogens with zero attached hydrogens (tertiary/aromatic N) is 84. The van der Waals surface area contributed by atoms with Crippen molar-refractivity contribution in [3.63, 3.8) is 0 Å². The molecule has 1 aliphatic rings. The summed E-state index contributed by atoms with van der Waals surface area (Å²) in [5.41, 5.74) is 20.5. The second-order valence-corrected chi connectivity index (χ2v) is 18.2. The van der Waals surface area contributed by atoms with Crippen molar-refractivity contribution in [1.29, 1.82) is 5.53 Å². The van der Waals surface area contributed by atoms with Crippen molar-refractivity contribution in [2.75, 3.05) is 50.2 Å². The van der Waals surface area contributed by atoms with Gasteiger partial charge < -0.3 is 36.0 Å². The second kappa shape index (κ2) is 64.5. The molecule has 6 N–H and O–H groups in total. The number of nitrogens with two attached hydrogens (primary N) is 2. The summed E-state index contributed by atoms with van der Waals surface area (Å²) in [5.74, 6) is 4.58. The molecule has 0 unspecified atom stereocenters. The van der Waals surface area contributed by atoms with Crippen molar-refractivity contribution in [3.05, 3.63) is 59.4 Å². The number of carbonyl (C=O) groups excluding carboxylic acids is 1. The fourth-order valence-corrected chi connectivity index (χ4v) is 6.67. The van der Waals surface area contributed by atoms with Gasteiger partial charge in [-0.05, 0) is 149 Å². The fourth-order valence-electron chi connectivity index (χ4n) is 6.67. The van der Waals surface area contributed by atoms with Gasteiger partial charge in [0.05, 0.1) is 28.7 Å². The van der Waals surface area contributed by atoms with Crippen molar-refractivity contribution in [2.24, 2.45) is 418 Å². The number of anilines is 4. The molecule has 0 radical (unpaired) electrons. The minimum atomic E-state index is -0.436. The van der Waals surface area contributed by atoms with Crippen LogP contribution in [0.5, 0.6) is 0 Å². The molecular weight excluding hydrogens is 1640 g/mol. The van der Waals surface area contributed by atoms with Crippen LogP contribution in [0.2, 0.25) is 0 Å². The highest BCUT2D eigenvalue weighted by Crippen LogP contribution is 2.37. The number of carbonyl (C=O) groups is 1. The number of likely N-dealkylation sites (N-methyl/N-ethyl adjacent to an activating group) is 2. The SMILES string of the molecule is Cc1cc(N(C)CCN(C)C)c(N)cc1Nc1ncc(C(=O)OC(C)C)c(-c2cn3c4c(cccc24)CCC3)n1.N=N/N=N/N=N/N=N/N=N/N=N/N=N/N=N/N=N/N=N/N=N/N=N/N=N/N=N/N=N/N=N/N=N/N=N/N=N/N=N/N=N/N=N/N=N/N=N/N=N/N=N/N=N/N=N/N=N/N=N/N=N/N=N/N=N/N=N/N=N/N=N/N=N/N=N/N=N/N=N/N. The predicted molar refractivity (Wildman–Crippen MR) is 361 cm³/mol. The summed E-state index contributed by atoms with van der Waals surface area (Å²) in [7, 11) is 6.16. The van der Waals surface area contributed by atoms with Crippen LogP contribution in [-0.4, -0.2) is 65.7 Å². The van der Waals surface area contributed by atoms with Crippen LogP contribution in [0.25, 0.3) is 22.2 Å². The lowest BCUT2D eigenvalue weighted by Crippen LogP contribution is -2.29. The average Bonchev–Trinajstić information content (AvgIpc) is 1.61. The van der Waals surface area contributed by atoms with E-state index in [0.717, 1.165) is 60.4 Å². The Morgan fingerprint density at radius 1 is 0.455 bits per heavy atom. The van der Waals surface area contributed by atoms with Gasteiger partial charge in [0.15, 0.2) is 0 Å². The molecule has 0 saturated carbocycles. The van der Waals surface area contributed by atoms with Gasteiger partial charge in [-0.1, -0.05) is 23.4 Å². The topological polar surface area (TPSA) is 1130 Å². The minimum absolute atomic E-state index is 0.256. The molecule has 0 saturated heterocycles. The summed E-state index contributed by atoms with van der Waals surface area (Å²) < 4.78 is 7.84. The van der Waals surface area contributed by atoms with Crippen LogP contribution >= 0.6 is 0 Å². The number of hydrogen-bond donors (Lipinski definition) is 4. The van der Waals surface area contributed by atoms with Gasteiger partial charge in [0, 0.05) is 385 Å². The van der Waals surface area contributed by atoms with Gasteiger partial charge in [-0.3, -0.25) is 0 Å². The molecule has 3 heterocycles. The van der Waals surface area contributed by atoms with Crippen molar-refractivity contribution >= 4 is 39.9 Å². The molecule has 0 spiro atoms. The third-order valence-corrected chi connectivity index (χ3v) is 10.5. The van der Waals surface area contributed by atoms with Gasteiger partial charge in [0.25, 0.3) is 0 Å². The second-order valence-electron chi connectivity index (χ2n) is 18.2. The normalized spacial score (nSPS) is 14.6. The van der Waals surface area contributed by atoms with Crippen LogP contribution in [0.1, 0.15) is 41.8 Å². The lowest BCUT2D eigenvalue weighted by atomic mass is 10.0. The Bertz CT molecular complexity index is 5090. The zero-order valence-electron chi connectivity index (χ0n) is 60.7. The molecule has 0 amide bonds. The van der Waals surface area contributed by atoms with E-state index in [4.69, 9.17) is 21.0 Å². The molecule has 2 aromatic carbocycles. The van der Waals surface area contributed by atoms with E-state index in [-0.39, 0.29) is 6.10 Å². The number of nitrogen functional groups attached to an aromatic ring is 1. The summed E-state index contributed by atoms with van der Waals surface area (Å²) in [6.07, 6.45) is 5.53. The van der Waals surface area contributed by atoms with E-state index in [1.165, 1.54) is 11.1 Å². The van der Waals surface area contributed by atoms with Gasteiger partial charge in [0.2, 0.25) is 5.95 Å². The summed E-state index contributed by atoms with van der Waals surface area (Å²) in [6, 6.07) is 10.3. The van der Waals surface area contributed by atoms with Gasteiger partial charge in [0.1, 0.15) is 5.56 Å². The van der Waals surface area contributed by atoms with Crippen LogP contribution in [0.3, 0.4) is 0 Å². The summed E-state index contributed by atoms with van der Waals surface area (Å²) in [4.78, 5) is 26.9. The molecule has 90 heteroatoms. The lowest BCUT2D eigenvalue weighted by molar-refractivity contribution is 0.0378. The molecule has 0 aliphatic carbocycles. The Kier molecular flexibility index (Phi) is 49.6. The first-order valence-corrected chi connectivity index (χ1v) is 29.9. The maximum absolute atomic E-state index is 13.2. The van der Waals surface area contributed by atoms with Gasteiger partial charge in [-0.15, -0.1) is 0 Å².